The van der Waals surface area contributed by atoms with E-state index in [4.69, 9.17) is 9.47 Å². The minimum Gasteiger partial charge on any atom is -0.420 e. The van der Waals surface area contributed by atoms with Crippen molar-refractivity contribution >= 4 is 11.9 Å². The summed E-state index contributed by atoms with van der Waals surface area (Å²) < 4.78 is 9.94. The molecule has 2 atom stereocenters. The molecule has 2 N–H and O–H groups in total. The van der Waals surface area contributed by atoms with Gasteiger partial charge in [-0.05, 0) is 12.3 Å². The second-order valence-electron chi connectivity index (χ2n) is 4.91. The number of esters is 2. The third-order valence-electron chi connectivity index (χ3n) is 2.74. The first-order valence-corrected chi connectivity index (χ1v) is 6.17. The highest BCUT2D eigenvalue weighted by atomic mass is 16.6. The number of carbonyl (C=O) groups is 2. The molecule has 7 nitrogen and oxygen atoms in total. The van der Waals surface area contributed by atoms with Gasteiger partial charge >= 0.3 is 11.9 Å². The summed E-state index contributed by atoms with van der Waals surface area (Å²) in [5.41, 5.74) is 0.447. The first-order valence-electron chi connectivity index (χ1n) is 6.17. The van der Waals surface area contributed by atoms with E-state index in [2.05, 4.69) is 4.98 Å². The molecule has 1 aliphatic rings. The van der Waals surface area contributed by atoms with Gasteiger partial charge in [0.15, 0.2) is 23.7 Å². The van der Waals surface area contributed by atoms with Crippen LogP contribution in [0.1, 0.15) is 19.5 Å². The van der Waals surface area contributed by atoms with Crippen LogP contribution >= 0.6 is 0 Å². The van der Waals surface area contributed by atoms with Gasteiger partial charge < -0.3 is 19.7 Å². The molecule has 0 aromatic carbocycles. The fourth-order valence-corrected chi connectivity index (χ4v) is 1.78. The number of fused-ring (bicyclic) bond motifs is 1. The van der Waals surface area contributed by atoms with E-state index in [1.807, 2.05) is 13.8 Å². The summed E-state index contributed by atoms with van der Waals surface area (Å²) in [6.45, 7) is 3.91. The van der Waals surface area contributed by atoms with Crippen LogP contribution in [0.3, 0.4) is 0 Å². The molecule has 1 aromatic rings. The lowest BCUT2D eigenvalue weighted by Gasteiger charge is -2.22. The van der Waals surface area contributed by atoms with Crippen LogP contribution in [0.15, 0.2) is 12.3 Å². The number of aliphatic hydroxyl groups is 2. The van der Waals surface area contributed by atoms with Crippen LogP contribution in [0.5, 0.6) is 11.5 Å². The fraction of sp³-hybridized carbons (Fsp3) is 0.462. The van der Waals surface area contributed by atoms with Crippen LogP contribution in [0.4, 0.5) is 0 Å². The topological polar surface area (TPSA) is 106 Å². The lowest BCUT2D eigenvalue weighted by Crippen LogP contribution is -2.45. The second-order valence-corrected chi connectivity index (χ2v) is 4.91. The molecule has 20 heavy (non-hydrogen) atoms. The van der Waals surface area contributed by atoms with Crippen LogP contribution in [-0.2, 0) is 16.0 Å². The predicted molar refractivity (Wildman–Crippen MR) is 66.1 cm³/mol. The smallest absolute Gasteiger partial charge is 0.343 e. The van der Waals surface area contributed by atoms with E-state index in [0.29, 0.717) is 12.1 Å². The zero-order chi connectivity index (χ0) is 14.9. The van der Waals surface area contributed by atoms with Crippen LogP contribution in [0, 0.1) is 5.92 Å². The highest BCUT2D eigenvalue weighted by Gasteiger charge is 2.37. The van der Waals surface area contributed by atoms with E-state index in [0.717, 1.165) is 0 Å². The number of carbonyl (C=O) groups excluding carboxylic acids is 2. The maximum atomic E-state index is 11.7. The Hall–Kier alpha value is -1.99. The van der Waals surface area contributed by atoms with Crippen molar-refractivity contribution in [3.63, 3.8) is 0 Å². The van der Waals surface area contributed by atoms with E-state index < -0.39 is 24.1 Å². The van der Waals surface area contributed by atoms with Gasteiger partial charge in [0.2, 0.25) is 0 Å². The van der Waals surface area contributed by atoms with Gasteiger partial charge in [0, 0.05) is 12.3 Å². The lowest BCUT2D eigenvalue weighted by atomic mass is 10.1. The summed E-state index contributed by atoms with van der Waals surface area (Å²) in [5.74, 6) is -1.99. The molecule has 2 rings (SSSR count). The van der Waals surface area contributed by atoms with Gasteiger partial charge in [-0.3, -0.25) is 4.98 Å². The van der Waals surface area contributed by atoms with Crippen LogP contribution in [-0.4, -0.2) is 39.3 Å². The molecule has 7 heteroatoms. The van der Waals surface area contributed by atoms with Gasteiger partial charge in [-0.25, -0.2) is 9.59 Å². The maximum absolute atomic E-state index is 11.7. The van der Waals surface area contributed by atoms with Gasteiger partial charge in [-0.15, -0.1) is 0 Å². The highest BCUT2D eigenvalue weighted by Crippen LogP contribution is 2.33. The second kappa shape index (κ2) is 5.56. The van der Waals surface area contributed by atoms with E-state index in [9.17, 15) is 19.8 Å². The summed E-state index contributed by atoms with van der Waals surface area (Å²) >= 11 is 0. The SMILES string of the molecule is CC(C)Cc1nccc2c1OC(=O)C(O)C(O)C(=O)O2. The van der Waals surface area contributed by atoms with Crippen molar-refractivity contribution < 1.29 is 29.3 Å². The Morgan fingerprint density at radius 1 is 1.20 bits per heavy atom. The van der Waals surface area contributed by atoms with Crippen molar-refractivity contribution in [1.29, 1.82) is 0 Å². The predicted octanol–water partition coefficient (Wildman–Crippen LogP) is -0.174. The summed E-state index contributed by atoms with van der Waals surface area (Å²) in [7, 11) is 0. The average Bonchev–Trinajstić information content (AvgIpc) is 2.38. The summed E-state index contributed by atoms with van der Waals surface area (Å²) in [5, 5.41) is 18.9. The molecule has 2 unspecified atom stereocenters. The molecule has 0 fully saturated rings. The molecule has 0 amide bonds. The number of aromatic nitrogens is 1. The van der Waals surface area contributed by atoms with E-state index >= 15 is 0 Å². The van der Waals surface area contributed by atoms with Crippen molar-refractivity contribution in [3.8, 4) is 11.5 Å². The first-order chi connectivity index (χ1) is 9.40. The van der Waals surface area contributed by atoms with E-state index in [1.54, 1.807) is 0 Å². The molecule has 108 valence electrons. The largest absolute Gasteiger partial charge is 0.420 e. The van der Waals surface area contributed by atoms with Crippen molar-refractivity contribution in [2.75, 3.05) is 0 Å². The Morgan fingerprint density at radius 2 is 1.80 bits per heavy atom. The molecule has 0 bridgehead atoms. The van der Waals surface area contributed by atoms with Gasteiger partial charge in [0.1, 0.15) is 0 Å². The standard InChI is InChI=1S/C13H15NO6/c1-6(2)5-7-11-8(3-4-14-7)19-12(17)9(15)10(16)13(18)20-11/h3-4,6,9-10,15-16H,5H2,1-2H3. The number of pyridine rings is 1. The molecule has 0 aliphatic carbocycles. The molecule has 0 radical (unpaired) electrons. The van der Waals surface area contributed by atoms with Crippen molar-refractivity contribution in [2.45, 2.75) is 32.5 Å². The number of ether oxygens (including phenoxy) is 2. The Bertz CT molecular complexity index is 542. The third kappa shape index (κ3) is 2.78. The summed E-state index contributed by atoms with van der Waals surface area (Å²) in [6, 6.07) is 1.36. The molecule has 1 aromatic heterocycles. The molecular weight excluding hydrogens is 266 g/mol. The molecule has 1 aliphatic heterocycles. The molecule has 0 saturated carbocycles. The zero-order valence-corrected chi connectivity index (χ0v) is 11.1. The molecular formula is C13H15NO6. The Morgan fingerprint density at radius 3 is 2.40 bits per heavy atom. The van der Waals surface area contributed by atoms with Crippen molar-refractivity contribution in [2.24, 2.45) is 5.92 Å². The fourth-order valence-electron chi connectivity index (χ4n) is 1.78. The number of hydrogen-bond acceptors (Lipinski definition) is 7. The third-order valence-corrected chi connectivity index (χ3v) is 2.74. The Balaban J connectivity index is 2.45. The van der Waals surface area contributed by atoms with Gasteiger partial charge in [0.25, 0.3) is 0 Å². The van der Waals surface area contributed by atoms with E-state index in [-0.39, 0.29) is 17.4 Å². The Labute approximate surface area is 115 Å². The van der Waals surface area contributed by atoms with Crippen molar-refractivity contribution in [1.82, 2.24) is 4.98 Å². The monoisotopic (exact) mass is 281 g/mol. The van der Waals surface area contributed by atoms with Crippen molar-refractivity contribution in [3.05, 3.63) is 18.0 Å². The summed E-state index contributed by atoms with van der Waals surface area (Å²) in [4.78, 5) is 27.3. The van der Waals surface area contributed by atoms with Crippen LogP contribution in [0.25, 0.3) is 0 Å². The van der Waals surface area contributed by atoms with Gasteiger partial charge in [-0.2, -0.15) is 0 Å². The zero-order valence-electron chi connectivity index (χ0n) is 11.1. The number of nitrogens with zero attached hydrogens (tertiary/aromatic N) is 1. The number of rotatable bonds is 2. The maximum Gasteiger partial charge on any atom is 0.343 e. The molecule has 2 heterocycles. The molecule has 0 saturated heterocycles. The molecule has 0 spiro atoms. The van der Waals surface area contributed by atoms with E-state index in [1.165, 1.54) is 12.3 Å². The van der Waals surface area contributed by atoms with Gasteiger partial charge in [-0.1, -0.05) is 13.8 Å². The minimum absolute atomic E-state index is 0.0000463. The van der Waals surface area contributed by atoms with Crippen LogP contribution in [0.2, 0.25) is 0 Å². The number of aliphatic hydroxyl groups excluding tert-OH is 2. The highest BCUT2D eigenvalue weighted by molar-refractivity contribution is 5.89. The minimum atomic E-state index is -1.98. The lowest BCUT2D eigenvalue weighted by molar-refractivity contribution is -0.164. The van der Waals surface area contributed by atoms with Gasteiger partial charge in [0.05, 0.1) is 5.69 Å². The quantitative estimate of drug-likeness (QED) is 0.725. The summed E-state index contributed by atoms with van der Waals surface area (Å²) in [6.07, 6.45) is -2.03. The average molecular weight is 281 g/mol. The Kier molecular flexibility index (Phi) is 4.01. The number of hydrogen-bond donors (Lipinski definition) is 2. The normalized spacial score (nSPS) is 22.6. The van der Waals surface area contributed by atoms with Crippen LogP contribution < -0.4 is 9.47 Å². The first kappa shape index (κ1) is 14.4.